The Kier molecular flexibility index (Phi) is 4.22. The van der Waals surface area contributed by atoms with Crippen molar-refractivity contribution in [2.45, 2.75) is 6.18 Å². The monoisotopic (exact) mass is 384 g/mol. The molecule has 4 aromatic rings. The van der Waals surface area contributed by atoms with Gasteiger partial charge in [-0.15, -0.1) is 10.2 Å². The first-order valence-electron chi connectivity index (χ1n) is 8.03. The van der Waals surface area contributed by atoms with Crippen molar-refractivity contribution in [2.75, 3.05) is 5.32 Å². The summed E-state index contributed by atoms with van der Waals surface area (Å²) in [7, 11) is 0. The van der Waals surface area contributed by atoms with E-state index in [4.69, 9.17) is 0 Å². The molecule has 28 heavy (non-hydrogen) atoms. The molecule has 1 amide bonds. The van der Waals surface area contributed by atoms with Crippen molar-refractivity contribution in [2.24, 2.45) is 0 Å². The lowest BCUT2D eigenvalue weighted by atomic mass is 10.1. The summed E-state index contributed by atoms with van der Waals surface area (Å²) in [5.74, 6) is -1.51. The summed E-state index contributed by atoms with van der Waals surface area (Å²) in [5.41, 5.74) is 2.53. The smallest absolute Gasteiger partial charge is 0.318 e. The Morgan fingerprint density at radius 2 is 1.75 bits per heavy atom. The van der Waals surface area contributed by atoms with Gasteiger partial charge >= 0.3 is 12.1 Å². The predicted octanol–water partition coefficient (Wildman–Crippen LogP) is 3.35. The molecule has 4 rings (SSSR count). The molecule has 0 radical (unpaired) electrons. The van der Waals surface area contributed by atoms with Crippen LogP contribution in [0.4, 0.5) is 18.9 Å². The van der Waals surface area contributed by atoms with Gasteiger partial charge in [-0.2, -0.15) is 22.8 Å². The molecule has 3 aromatic heterocycles. The van der Waals surface area contributed by atoms with Crippen molar-refractivity contribution < 1.29 is 18.0 Å². The third-order valence-corrected chi connectivity index (χ3v) is 3.88. The van der Waals surface area contributed by atoms with Gasteiger partial charge in [0.15, 0.2) is 11.5 Å². The second-order valence-corrected chi connectivity index (χ2v) is 5.78. The number of carbonyl (C=O) groups excluding carboxylic acids is 1. The van der Waals surface area contributed by atoms with Crippen LogP contribution in [0.3, 0.4) is 0 Å². The Labute approximate surface area is 155 Å². The first kappa shape index (κ1) is 17.6. The molecule has 0 aliphatic rings. The number of amides is 1. The summed E-state index contributed by atoms with van der Waals surface area (Å²) in [6.45, 7) is 0. The molecule has 0 unspecified atom stereocenters. The van der Waals surface area contributed by atoms with E-state index in [0.717, 1.165) is 5.56 Å². The van der Waals surface area contributed by atoms with E-state index < -0.39 is 12.1 Å². The normalized spacial score (nSPS) is 11.5. The fourth-order valence-electron chi connectivity index (χ4n) is 2.54. The zero-order valence-corrected chi connectivity index (χ0v) is 14.1. The summed E-state index contributed by atoms with van der Waals surface area (Å²) < 4.78 is 38.6. The highest BCUT2D eigenvalue weighted by atomic mass is 19.4. The van der Waals surface area contributed by atoms with Gasteiger partial charge < -0.3 is 5.32 Å². The van der Waals surface area contributed by atoms with E-state index in [1.54, 1.807) is 52.6 Å². The minimum absolute atomic E-state index is 0.0347. The van der Waals surface area contributed by atoms with Gasteiger partial charge in [0, 0.05) is 29.2 Å². The Balaban J connectivity index is 1.65. The maximum Gasteiger partial charge on any atom is 0.471 e. The standard InChI is InChI=1S/C18H11F3N6O/c19-18(20,21)17(28)23-13-5-3-11(4-6-13)14-7-8-15-24-25-16(27(15)26-14)12-2-1-9-22-10-12/h1-10H,(H,23,28). The fourth-order valence-corrected chi connectivity index (χ4v) is 2.54. The molecular formula is C18H11F3N6O. The number of hydrogen-bond donors (Lipinski definition) is 1. The van der Waals surface area contributed by atoms with Crippen molar-refractivity contribution in [1.29, 1.82) is 0 Å². The molecule has 0 atom stereocenters. The first-order chi connectivity index (χ1) is 13.4. The van der Waals surface area contributed by atoms with Crippen LogP contribution in [0.1, 0.15) is 0 Å². The van der Waals surface area contributed by atoms with Crippen LogP contribution in [0.15, 0.2) is 60.9 Å². The maximum absolute atomic E-state index is 12.3. The number of halogens is 3. The molecule has 0 bridgehead atoms. The molecule has 1 aromatic carbocycles. The number of rotatable bonds is 3. The SMILES string of the molecule is O=C(Nc1ccc(-c2ccc3nnc(-c4cccnc4)n3n2)cc1)C(F)(F)F. The van der Waals surface area contributed by atoms with Crippen LogP contribution in [0.2, 0.25) is 0 Å². The van der Waals surface area contributed by atoms with E-state index >= 15 is 0 Å². The average Bonchev–Trinajstić information content (AvgIpc) is 3.12. The Bertz CT molecular complexity index is 1140. The van der Waals surface area contributed by atoms with Crippen molar-refractivity contribution >= 4 is 17.2 Å². The number of nitrogens with one attached hydrogen (secondary N) is 1. The highest BCUT2D eigenvalue weighted by Gasteiger charge is 2.38. The number of hydrogen-bond acceptors (Lipinski definition) is 5. The van der Waals surface area contributed by atoms with Crippen LogP contribution in [-0.2, 0) is 4.79 Å². The Morgan fingerprint density at radius 3 is 2.43 bits per heavy atom. The summed E-state index contributed by atoms with van der Waals surface area (Å²) >= 11 is 0. The second-order valence-electron chi connectivity index (χ2n) is 5.78. The van der Waals surface area contributed by atoms with Crippen LogP contribution in [0, 0.1) is 0 Å². The third-order valence-electron chi connectivity index (χ3n) is 3.88. The quantitative estimate of drug-likeness (QED) is 0.586. The molecule has 0 aliphatic carbocycles. The fraction of sp³-hybridized carbons (Fsp3) is 0.0556. The van der Waals surface area contributed by atoms with Crippen LogP contribution < -0.4 is 5.32 Å². The Hall–Kier alpha value is -3.82. The summed E-state index contributed by atoms with van der Waals surface area (Å²) in [4.78, 5) is 15.1. The highest BCUT2D eigenvalue weighted by molar-refractivity contribution is 5.95. The number of aromatic nitrogens is 5. The number of anilines is 1. The zero-order chi connectivity index (χ0) is 19.7. The number of benzene rings is 1. The largest absolute Gasteiger partial charge is 0.471 e. The van der Waals surface area contributed by atoms with Gasteiger partial charge in [-0.1, -0.05) is 12.1 Å². The topological polar surface area (TPSA) is 85.1 Å². The molecule has 0 spiro atoms. The molecule has 3 heterocycles. The van der Waals surface area contributed by atoms with Crippen LogP contribution in [0.5, 0.6) is 0 Å². The number of alkyl halides is 3. The van der Waals surface area contributed by atoms with Gasteiger partial charge in [0.25, 0.3) is 0 Å². The van der Waals surface area contributed by atoms with Gasteiger partial charge in [-0.3, -0.25) is 9.78 Å². The molecular weight excluding hydrogens is 373 g/mol. The number of fused-ring (bicyclic) bond motifs is 1. The summed E-state index contributed by atoms with van der Waals surface area (Å²) in [5, 5.41) is 14.5. The third kappa shape index (κ3) is 3.39. The van der Waals surface area contributed by atoms with Gasteiger partial charge in [0.2, 0.25) is 0 Å². The lowest BCUT2D eigenvalue weighted by Gasteiger charge is -2.08. The van der Waals surface area contributed by atoms with Crippen LogP contribution in [-0.4, -0.2) is 36.9 Å². The minimum atomic E-state index is -4.94. The predicted molar refractivity (Wildman–Crippen MR) is 94.1 cm³/mol. The molecule has 0 aliphatic heterocycles. The maximum atomic E-state index is 12.3. The van der Waals surface area contributed by atoms with E-state index in [1.807, 2.05) is 6.07 Å². The average molecular weight is 384 g/mol. The minimum Gasteiger partial charge on any atom is -0.318 e. The number of nitrogens with zero attached hydrogens (tertiary/aromatic N) is 5. The summed E-state index contributed by atoms with van der Waals surface area (Å²) in [6.07, 6.45) is -1.66. The molecule has 0 saturated carbocycles. The summed E-state index contributed by atoms with van der Waals surface area (Å²) in [6, 6.07) is 12.9. The van der Waals surface area contributed by atoms with E-state index in [2.05, 4.69) is 20.3 Å². The number of carbonyl (C=O) groups is 1. The second kappa shape index (κ2) is 6.72. The van der Waals surface area contributed by atoms with Gasteiger partial charge in [0.05, 0.1) is 5.69 Å². The van der Waals surface area contributed by atoms with Crippen molar-refractivity contribution in [3.8, 4) is 22.6 Å². The van der Waals surface area contributed by atoms with Gasteiger partial charge in [-0.25, -0.2) is 0 Å². The lowest BCUT2D eigenvalue weighted by Crippen LogP contribution is -2.29. The molecule has 0 saturated heterocycles. The van der Waals surface area contributed by atoms with Crippen molar-refractivity contribution in [3.63, 3.8) is 0 Å². The molecule has 0 fully saturated rings. The Morgan fingerprint density at radius 1 is 0.964 bits per heavy atom. The zero-order valence-electron chi connectivity index (χ0n) is 14.1. The molecule has 1 N–H and O–H groups in total. The molecule has 10 heteroatoms. The molecule has 7 nitrogen and oxygen atoms in total. The van der Waals surface area contributed by atoms with E-state index in [0.29, 0.717) is 22.7 Å². The lowest BCUT2D eigenvalue weighted by molar-refractivity contribution is -0.167. The number of pyridine rings is 1. The van der Waals surface area contributed by atoms with Crippen molar-refractivity contribution in [1.82, 2.24) is 24.8 Å². The van der Waals surface area contributed by atoms with E-state index in [1.165, 1.54) is 12.1 Å². The van der Waals surface area contributed by atoms with Gasteiger partial charge in [-0.05, 0) is 36.4 Å². The van der Waals surface area contributed by atoms with E-state index in [-0.39, 0.29) is 5.69 Å². The first-order valence-corrected chi connectivity index (χ1v) is 8.03. The van der Waals surface area contributed by atoms with Crippen LogP contribution >= 0.6 is 0 Å². The molecule has 140 valence electrons. The van der Waals surface area contributed by atoms with Crippen molar-refractivity contribution in [3.05, 3.63) is 60.9 Å². The highest BCUT2D eigenvalue weighted by Crippen LogP contribution is 2.23. The van der Waals surface area contributed by atoms with E-state index in [9.17, 15) is 18.0 Å². The van der Waals surface area contributed by atoms with Gasteiger partial charge in [0.1, 0.15) is 0 Å². The van der Waals surface area contributed by atoms with Crippen LogP contribution in [0.25, 0.3) is 28.3 Å².